The average Bonchev–Trinajstić information content (AvgIpc) is 2.38. The van der Waals surface area contributed by atoms with Crippen molar-refractivity contribution < 1.29 is 35.7 Å². The SMILES string of the molecule is CCCCCCCCCCC(=O)OC(CS(=O)(=O)O)C(F)(F)F. The van der Waals surface area contributed by atoms with Crippen molar-refractivity contribution in [1.29, 1.82) is 0 Å². The van der Waals surface area contributed by atoms with Crippen LogP contribution in [0.5, 0.6) is 0 Å². The first-order valence-corrected chi connectivity index (χ1v) is 9.38. The van der Waals surface area contributed by atoms with Crippen LogP contribution >= 0.6 is 0 Å². The van der Waals surface area contributed by atoms with E-state index in [1.165, 1.54) is 6.42 Å². The molecule has 0 aromatic carbocycles. The Morgan fingerprint density at radius 2 is 1.52 bits per heavy atom. The van der Waals surface area contributed by atoms with E-state index >= 15 is 0 Å². The van der Waals surface area contributed by atoms with Crippen LogP contribution < -0.4 is 0 Å². The molecule has 0 heterocycles. The lowest BCUT2D eigenvalue weighted by Crippen LogP contribution is -2.39. The molecule has 0 aliphatic carbocycles. The summed E-state index contributed by atoms with van der Waals surface area (Å²) < 4.78 is 71.4. The highest BCUT2D eigenvalue weighted by Gasteiger charge is 2.45. The second kappa shape index (κ2) is 10.9. The van der Waals surface area contributed by atoms with Crippen molar-refractivity contribution in [2.75, 3.05) is 5.75 Å². The van der Waals surface area contributed by atoms with Gasteiger partial charge in [-0.25, -0.2) is 0 Å². The lowest BCUT2D eigenvalue weighted by molar-refractivity contribution is -0.215. The fraction of sp³-hybridized carbons (Fsp3) is 0.929. The van der Waals surface area contributed by atoms with Gasteiger partial charge < -0.3 is 4.74 Å². The van der Waals surface area contributed by atoms with Gasteiger partial charge in [-0.15, -0.1) is 0 Å². The number of alkyl halides is 3. The van der Waals surface area contributed by atoms with Gasteiger partial charge in [-0.3, -0.25) is 9.35 Å². The number of hydrogen-bond acceptors (Lipinski definition) is 4. The van der Waals surface area contributed by atoms with Gasteiger partial charge in [0.2, 0.25) is 6.10 Å². The number of rotatable bonds is 12. The van der Waals surface area contributed by atoms with Gasteiger partial charge in [-0.05, 0) is 6.42 Å². The van der Waals surface area contributed by atoms with Crippen LogP contribution in [0.3, 0.4) is 0 Å². The first-order chi connectivity index (χ1) is 10.6. The molecule has 0 spiro atoms. The Balaban J connectivity index is 4.01. The molecule has 0 aliphatic rings. The van der Waals surface area contributed by atoms with Gasteiger partial charge in [-0.2, -0.15) is 21.6 Å². The summed E-state index contributed by atoms with van der Waals surface area (Å²) in [4.78, 5) is 11.4. The number of esters is 1. The summed E-state index contributed by atoms with van der Waals surface area (Å²) in [7, 11) is -4.89. The molecule has 0 saturated heterocycles. The Morgan fingerprint density at radius 1 is 1.04 bits per heavy atom. The topological polar surface area (TPSA) is 80.7 Å². The minimum atomic E-state index is -5.04. The van der Waals surface area contributed by atoms with Crippen LogP contribution in [0.2, 0.25) is 0 Å². The minimum absolute atomic E-state index is 0.201. The predicted molar refractivity (Wildman–Crippen MR) is 79.6 cm³/mol. The highest BCUT2D eigenvalue weighted by atomic mass is 32.2. The van der Waals surface area contributed by atoms with Crippen molar-refractivity contribution >= 4 is 16.1 Å². The van der Waals surface area contributed by atoms with Crippen molar-refractivity contribution in [3.8, 4) is 0 Å². The fourth-order valence-electron chi connectivity index (χ4n) is 2.01. The van der Waals surface area contributed by atoms with Gasteiger partial charge >= 0.3 is 12.1 Å². The van der Waals surface area contributed by atoms with Crippen molar-refractivity contribution in [3.05, 3.63) is 0 Å². The van der Waals surface area contributed by atoms with E-state index in [-0.39, 0.29) is 6.42 Å². The van der Waals surface area contributed by atoms with Gasteiger partial charge in [-0.1, -0.05) is 51.9 Å². The molecule has 23 heavy (non-hydrogen) atoms. The molecule has 1 N–H and O–H groups in total. The summed E-state index contributed by atoms with van der Waals surface area (Å²) in [5, 5.41) is 0. The summed E-state index contributed by atoms with van der Waals surface area (Å²) in [6.45, 7) is 2.11. The van der Waals surface area contributed by atoms with E-state index in [4.69, 9.17) is 4.55 Å². The van der Waals surface area contributed by atoms with E-state index in [9.17, 15) is 26.4 Å². The van der Waals surface area contributed by atoms with E-state index < -0.39 is 34.1 Å². The first kappa shape index (κ1) is 22.2. The molecule has 0 amide bonds. The zero-order valence-corrected chi connectivity index (χ0v) is 14.1. The molecule has 0 aromatic heterocycles. The zero-order valence-electron chi connectivity index (χ0n) is 13.3. The fourth-order valence-corrected chi connectivity index (χ4v) is 2.65. The predicted octanol–water partition coefficient (Wildman–Crippen LogP) is 3.88. The second-order valence-corrected chi connectivity index (χ2v) is 6.99. The minimum Gasteiger partial charge on any atom is -0.451 e. The third kappa shape index (κ3) is 13.3. The number of carbonyl (C=O) groups is 1. The van der Waals surface area contributed by atoms with E-state index in [0.29, 0.717) is 12.8 Å². The third-order valence-electron chi connectivity index (χ3n) is 3.24. The lowest BCUT2D eigenvalue weighted by atomic mass is 10.1. The van der Waals surface area contributed by atoms with Crippen molar-refractivity contribution in [2.45, 2.75) is 77.0 Å². The van der Waals surface area contributed by atoms with Crippen LogP contribution in [-0.4, -0.2) is 37.0 Å². The van der Waals surface area contributed by atoms with E-state index in [1.807, 2.05) is 0 Å². The van der Waals surface area contributed by atoms with Gasteiger partial charge in [0, 0.05) is 6.42 Å². The number of carbonyl (C=O) groups excluding carboxylic acids is 1. The summed E-state index contributed by atoms with van der Waals surface area (Å²) in [6.07, 6.45) is -0.483. The van der Waals surface area contributed by atoms with E-state index in [0.717, 1.165) is 32.1 Å². The monoisotopic (exact) mass is 362 g/mol. The third-order valence-corrected chi connectivity index (χ3v) is 3.96. The van der Waals surface area contributed by atoms with Crippen LogP contribution in [0.4, 0.5) is 13.2 Å². The molecule has 0 aliphatic heterocycles. The van der Waals surface area contributed by atoms with Crippen molar-refractivity contribution in [2.24, 2.45) is 0 Å². The van der Waals surface area contributed by atoms with Crippen LogP contribution in [0.15, 0.2) is 0 Å². The average molecular weight is 362 g/mol. The highest BCUT2D eigenvalue weighted by Crippen LogP contribution is 2.24. The molecule has 1 unspecified atom stereocenters. The Hall–Kier alpha value is -0.830. The van der Waals surface area contributed by atoms with Gasteiger partial charge in [0.25, 0.3) is 10.1 Å². The maximum Gasteiger partial charge on any atom is 0.426 e. The summed E-state index contributed by atoms with van der Waals surface area (Å²) >= 11 is 0. The Bertz CT molecular complexity index is 434. The molecule has 0 fully saturated rings. The van der Waals surface area contributed by atoms with Crippen LogP contribution in [0.25, 0.3) is 0 Å². The van der Waals surface area contributed by atoms with Crippen molar-refractivity contribution in [3.63, 3.8) is 0 Å². The number of unbranched alkanes of at least 4 members (excludes halogenated alkanes) is 7. The van der Waals surface area contributed by atoms with Crippen LogP contribution in [0.1, 0.15) is 64.7 Å². The molecule has 0 rings (SSSR count). The first-order valence-electron chi connectivity index (χ1n) is 7.77. The number of ether oxygens (including phenoxy) is 1. The maximum absolute atomic E-state index is 12.5. The number of hydrogen-bond donors (Lipinski definition) is 1. The second-order valence-electron chi connectivity index (χ2n) is 5.49. The van der Waals surface area contributed by atoms with E-state index in [2.05, 4.69) is 11.7 Å². The molecule has 0 aromatic rings. The smallest absolute Gasteiger partial charge is 0.426 e. The lowest BCUT2D eigenvalue weighted by Gasteiger charge is -2.19. The Labute approximate surface area is 135 Å². The molecular formula is C14H25F3O5S. The van der Waals surface area contributed by atoms with Crippen molar-refractivity contribution in [1.82, 2.24) is 0 Å². The van der Waals surface area contributed by atoms with Gasteiger partial charge in [0.05, 0.1) is 0 Å². The summed E-state index contributed by atoms with van der Waals surface area (Å²) in [6, 6.07) is 0. The molecular weight excluding hydrogens is 337 g/mol. The number of halogens is 3. The van der Waals surface area contributed by atoms with Crippen LogP contribution in [-0.2, 0) is 19.6 Å². The Morgan fingerprint density at radius 3 is 1.96 bits per heavy atom. The normalized spacial score (nSPS) is 13.8. The van der Waals surface area contributed by atoms with Gasteiger partial charge in [0.15, 0.2) is 0 Å². The largest absolute Gasteiger partial charge is 0.451 e. The molecule has 9 heteroatoms. The Kier molecular flexibility index (Phi) is 10.5. The zero-order chi connectivity index (χ0) is 17.9. The molecule has 138 valence electrons. The van der Waals surface area contributed by atoms with Gasteiger partial charge in [0.1, 0.15) is 5.75 Å². The molecule has 5 nitrogen and oxygen atoms in total. The quantitative estimate of drug-likeness (QED) is 0.324. The van der Waals surface area contributed by atoms with E-state index in [1.54, 1.807) is 0 Å². The van der Waals surface area contributed by atoms with Crippen LogP contribution in [0, 0.1) is 0 Å². The molecule has 1 atom stereocenters. The summed E-state index contributed by atoms with van der Waals surface area (Å²) in [5.41, 5.74) is 0. The molecule has 0 radical (unpaired) electrons. The maximum atomic E-state index is 12.5. The molecule has 0 bridgehead atoms. The standard InChI is InChI=1S/C14H25F3O5S/c1-2-3-4-5-6-7-8-9-10-13(18)22-12(14(15,16)17)11-23(19,20)21/h12H,2-11H2,1H3,(H,19,20,21). The highest BCUT2D eigenvalue weighted by molar-refractivity contribution is 7.85. The summed E-state index contributed by atoms with van der Waals surface area (Å²) in [5.74, 6) is -2.79. The molecule has 0 saturated carbocycles.